The van der Waals surface area contributed by atoms with Crippen LogP contribution >= 0.6 is 0 Å². The van der Waals surface area contributed by atoms with Gasteiger partial charge in [0.2, 0.25) is 0 Å². The minimum absolute atomic E-state index is 0.199. The summed E-state index contributed by atoms with van der Waals surface area (Å²) in [5.74, 6) is 0.759. The molecule has 0 unspecified atom stereocenters. The third-order valence-corrected chi connectivity index (χ3v) is 6.88. The lowest BCUT2D eigenvalue weighted by molar-refractivity contribution is 0.102. The molecular weight excluding hydrogens is 472 g/mol. The van der Waals surface area contributed by atoms with Gasteiger partial charge in [-0.05, 0) is 49.8 Å². The van der Waals surface area contributed by atoms with Gasteiger partial charge in [-0.15, -0.1) is 0 Å². The summed E-state index contributed by atoms with van der Waals surface area (Å²) in [6.45, 7) is 0.226. The Morgan fingerprint density at radius 2 is 2.03 bits per heavy atom. The summed E-state index contributed by atoms with van der Waals surface area (Å²) in [7, 11) is -1.90. The van der Waals surface area contributed by atoms with Crippen LogP contribution in [0.3, 0.4) is 0 Å². The van der Waals surface area contributed by atoms with Gasteiger partial charge in [0.25, 0.3) is 16.0 Å². The Labute approximate surface area is 202 Å². The lowest BCUT2D eigenvalue weighted by Gasteiger charge is -2.28. The zero-order valence-electron chi connectivity index (χ0n) is 19.4. The molecule has 1 aliphatic rings. The molecule has 0 spiro atoms. The van der Waals surface area contributed by atoms with Crippen molar-refractivity contribution in [1.82, 2.24) is 24.4 Å². The number of rotatable bonds is 7. The Kier molecular flexibility index (Phi) is 6.15. The number of fused-ring (bicyclic) bond motifs is 2. The highest BCUT2D eigenvalue weighted by atomic mass is 32.2. The predicted octanol–water partition coefficient (Wildman–Crippen LogP) is 3.05. The van der Waals surface area contributed by atoms with E-state index in [1.54, 1.807) is 41.2 Å². The maximum absolute atomic E-state index is 13.1. The first-order chi connectivity index (χ1) is 16.8. The molecule has 0 radical (unpaired) electrons. The van der Waals surface area contributed by atoms with E-state index in [1.165, 1.54) is 7.11 Å². The number of carbonyl (C=O) groups is 1. The van der Waals surface area contributed by atoms with Gasteiger partial charge in [0.15, 0.2) is 11.5 Å². The number of imidazole rings is 1. The molecule has 0 aliphatic heterocycles. The number of anilines is 1. The number of methoxy groups -OCH3 is 1. The van der Waals surface area contributed by atoms with E-state index in [9.17, 15) is 13.2 Å². The van der Waals surface area contributed by atoms with Crippen molar-refractivity contribution in [2.45, 2.75) is 31.7 Å². The van der Waals surface area contributed by atoms with Crippen molar-refractivity contribution < 1.29 is 22.1 Å². The largest absolute Gasteiger partial charge is 0.496 e. The molecule has 4 aromatic rings. The Hall–Kier alpha value is -3.51. The number of hydrogen-bond acceptors (Lipinski definition) is 8. The van der Waals surface area contributed by atoms with Crippen LogP contribution in [-0.2, 0) is 14.3 Å². The summed E-state index contributed by atoms with van der Waals surface area (Å²) >= 11 is 0. The van der Waals surface area contributed by atoms with Gasteiger partial charge < -0.3 is 10.1 Å². The fourth-order valence-corrected chi connectivity index (χ4v) is 4.94. The van der Waals surface area contributed by atoms with E-state index in [0.717, 1.165) is 42.8 Å². The molecule has 184 valence electrons. The van der Waals surface area contributed by atoms with Crippen LogP contribution in [0.1, 0.15) is 42.1 Å². The van der Waals surface area contributed by atoms with Crippen molar-refractivity contribution >= 4 is 38.4 Å². The Bertz CT molecular complexity index is 1490. The molecule has 0 saturated heterocycles. The average Bonchev–Trinajstić information content (AvgIpc) is 3.45. The maximum atomic E-state index is 13.1. The van der Waals surface area contributed by atoms with Crippen molar-refractivity contribution in [3.63, 3.8) is 0 Å². The van der Waals surface area contributed by atoms with E-state index in [1.807, 2.05) is 10.9 Å². The first kappa shape index (κ1) is 23.2. The summed E-state index contributed by atoms with van der Waals surface area (Å²) in [4.78, 5) is 17.4. The second-order valence-electron chi connectivity index (χ2n) is 8.77. The van der Waals surface area contributed by atoms with Gasteiger partial charge in [0.05, 0.1) is 43.3 Å². The van der Waals surface area contributed by atoms with Crippen LogP contribution in [0.2, 0.25) is 0 Å². The molecular formula is C23H26N6O5S. The van der Waals surface area contributed by atoms with Crippen LogP contribution < -0.4 is 10.1 Å². The number of ether oxygens (including phenoxy) is 1. The number of benzene rings is 1. The first-order valence-corrected chi connectivity index (χ1v) is 13.1. The second kappa shape index (κ2) is 9.27. The standard InChI is InChI=1S/C23H26N6O5S/c1-33-20-11-19-16(10-18(20)23(30)26-22-12-24-21-4-3-9-25-29(21)22)13-28(27-19)17-7-5-15(6-8-17)14-34-35(2,31)32/h3-4,9-13,15,17H,5-8,14H2,1-2H3,(H,26,30). The minimum Gasteiger partial charge on any atom is -0.496 e. The second-order valence-corrected chi connectivity index (χ2v) is 10.4. The van der Waals surface area contributed by atoms with Gasteiger partial charge in [0, 0.05) is 23.8 Å². The van der Waals surface area contributed by atoms with Crippen molar-refractivity contribution in [2.24, 2.45) is 5.92 Å². The van der Waals surface area contributed by atoms with E-state index in [-0.39, 0.29) is 24.5 Å². The number of aromatic nitrogens is 5. The van der Waals surface area contributed by atoms with Gasteiger partial charge in [-0.2, -0.15) is 23.1 Å². The monoisotopic (exact) mass is 498 g/mol. The normalized spacial score (nSPS) is 18.7. The number of nitrogens with one attached hydrogen (secondary N) is 1. The first-order valence-electron chi connectivity index (χ1n) is 11.3. The molecule has 0 atom stereocenters. The molecule has 1 aliphatic carbocycles. The van der Waals surface area contributed by atoms with Gasteiger partial charge in [-0.25, -0.2) is 4.98 Å². The molecule has 3 aromatic heterocycles. The maximum Gasteiger partial charge on any atom is 0.264 e. The average molecular weight is 499 g/mol. The third-order valence-electron chi connectivity index (χ3n) is 6.32. The van der Waals surface area contributed by atoms with Crippen LogP contribution in [0.4, 0.5) is 5.82 Å². The molecule has 0 bridgehead atoms. The minimum atomic E-state index is -3.42. The van der Waals surface area contributed by atoms with E-state index < -0.39 is 10.1 Å². The molecule has 1 amide bonds. The summed E-state index contributed by atoms with van der Waals surface area (Å²) in [6.07, 6.45) is 9.67. The molecule has 35 heavy (non-hydrogen) atoms. The van der Waals surface area contributed by atoms with Gasteiger partial charge in [0.1, 0.15) is 5.75 Å². The summed E-state index contributed by atoms with van der Waals surface area (Å²) < 4.78 is 36.5. The highest BCUT2D eigenvalue weighted by Gasteiger charge is 2.25. The number of nitrogens with zero attached hydrogens (tertiary/aromatic N) is 5. The number of amides is 1. The highest BCUT2D eigenvalue weighted by Crippen LogP contribution is 2.34. The van der Waals surface area contributed by atoms with E-state index in [0.29, 0.717) is 22.8 Å². The fourth-order valence-electron chi connectivity index (χ4n) is 4.50. The van der Waals surface area contributed by atoms with E-state index in [2.05, 4.69) is 15.4 Å². The highest BCUT2D eigenvalue weighted by molar-refractivity contribution is 7.85. The SMILES string of the molecule is COc1cc2nn(C3CCC(COS(C)(=O)=O)CC3)cc2cc1C(=O)Nc1cnc2cccnn12. The Morgan fingerprint density at radius 3 is 2.77 bits per heavy atom. The molecule has 1 aromatic carbocycles. The zero-order chi connectivity index (χ0) is 24.6. The van der Waals surface area contributed by atoms with E-state index in [4.69, 9.17) is 14.0 Å². The van der Waals surface area contributed by atoms with Gasteiger partial charge in [-0.1, -0.05) is 0 Å². The third kappa shape index (κ3) is 4.98. The Morgan fingerprint density at radius 1 is 1.23 bits per heavy atom. The molecule has 12 heteroatoms. The predicted molar refractivity (Wildman–Crippen MR) is 129 cm³/mol. The summed E-state index contributed by atoms with van der Waals surface area (Å²) in [5, 5.41) is 12.6. The van der Waals surface area contributed by atoms with Crippen molar-refractivity contribution in [2.75, 3.05) is 25.3 Å². The molecule has 1 N–H and O–H groups in total. The molecule has 1 saturated carbocycles. The van der Waals surface area contributed by atoms with Crippen molar-refractivity contribution in [3.05, 3.63) is 48.4 Å². The summed E-state index contributed by atoms with van der Waals surface area (Å²) in [5.41, 5.74) is 1.74. The van der Waals surface area contributed by atoms with E-state index >= 15 is 0 Å². The van der Waals surface area contributed by atoms with Crippen molar-refractivity contribution in [1.29, 1.82) is 0 Å². The molecule has 5 rings (SSSR count). The Balaban J connectivity index is 1.33. The van der Waals surface area contributed by atoms with Crippen molar-refractivity contribution in [3.8, 4) is 5.75 Å². The van der Waals surface area contributed by atoms with Crippen LogP contribution in [0.15, 0.2) is 42.9 Å². The smallest absolute Gasteiger partial charge is 0.264 e. The quantitative estimate of drug-likeness (QED) is 0.385. The van der Waals surface area contributed by atoms with Crippen LogP contribution in [-0.4, -0.2) is 58.7 Å². The van der Waals surface area contributed by atoms with Crippen LogP contribution in [0.5, 0.6) is 5.75 Å². The molecule has 11 nitrogen and oxygen atoms in total. The number of carbonyl (C=O) groups excluding carboxylic acids is 1. The summed E-state index contributed by atoms with van der Waals surface area (Å²) in [6, 6.07) is 7.31. The topological polar surface area (TPSA) is 130 Å². The van der Waals surface area contributed by atoms with Gasteiger partial charge >= 0.3 is 0 Å². The molecule has 1 fully saturated rings. The van der Waals surface area contributed by atoms with Gasteiger partial charge in [-0.3, -0.25) is 13.7 Å². The zero-order valence-corrected chi connectivity index (χ0v) is 20.2. The fraction of sp³-hybridized carbons (Fsp3) is 0.391. The molecule has 3 heterocycles. The van der Waals surface area contributed by atoms with Crippen LogP contribution in [0, 0.1) is 5.92 Å². The van der Waals surface area contributed by atoms with Crippen LogP contribution in [0.25, 0.3) is 16.6 Å². The number of hydrogen-bond donors (Lipinski definition) is 1. The lowest BCUT2D eigenvalue weighted by atomic mass is 9.87. The lowest BCUT2D eigenvalue weighted by Crippen LogP contribution is -2.22.